The molecular weight excluding hydrogens is 390 g/mol. The Labute approximate surface area is 178 Å². The number of rotatable bonds is 3. The molecule has 0 amide bonds. The molecule has 152 valence electrons. The van der Waals surface area contributed by atoms with Crippen molar-refractivity contribution in [2.75, 3.05) is 14.2 Å². The van der Waals surface area contributed by atoms with E-state index in [-0.39, 0.29) is 5.69 Å². The highest BCUT2D eigenvalue weighted by Crippen LogP contribution is 2.43. The topological polar surface area (TPSA) is 77.1 Å². The van der Waals surface area contributed by atoms with Gasteiger partial charge in [0.15, 0.2) is 0 Å². The van der Waals surface area contributed by atoms with E-state index in [0.717, 1.165) is 38.7 Å². The van der Waals surface area contributed by atoms with Gasteiger partial charge in [0.25, 0.3) is 0 Å². The number of nitrogens with zero attached hydrogens (tertiary/aromatic N) is 3. The first-order valence-electron chi connectivity index (χ1n) is 9.83. The molecule has 3 heterocycles. The predicted molar refractivity (Wildman–Crippen MR) is 117 cm³/mol. The van der Waals surface area contributed by atoms with Crippen LogP contribution in [-0.2, 0) is 11.3 Å². The van der Waals surface area contributed by atoms with Crippen LogP contribution in [0.15, 0.2) is 60.7 Å². The Hall–Kier alpha value is -4.11. The number of carbonyl (C=O) groups is 1. The number of fused-ring (bicyclic) bond motifs is 4. The Bertz CT molecular complexity index is 1440. The van der Waals surface area contributed by atoms with E-state index in [0.29, 0.717) is 17.8 Å². The van der Waals surface area contributed by atoms with Gasteiger partial charge in [-0.15, -0.1) is 0 Å². The molecule has 6 nitrogen and oxygen atoms in total. The number of hydrogen-bond donors (Lipinski definition) is 0. The van der Waals surface area contributed by atoms with Gasteiger partial charge in [0, 0.05) is 28.4 Å². The fourth-order valence-corrected chi connectivity index (χ4v) is 4.54. The predicted octanol–water partition coefficient (Wildman–Crippen LogP) is 4.56. The van der Waals surface area contributed by atoms with Crippen LogP contribution in [0.25, 0.3) is 21.8 Å². The third-order valence-corrected chi connectivity index (χ3v) is 5.92. The zero-order valence-electron chi connectivity index (χ0n) is 17.2. The average Bonchev–Trinajstić information content (AvgIpc) is 3.04. The van der Waals surface area contributed by atoms with Crippen molar-refractivity contribution in [3.05, 3.63) is 83.2 Å². The number of hydrogen-bond acceptors (Lipinski definition) is 5. The molecule has 31 heavy (non-hydrogen) atoms. The summed E-state index contributed by atoms with van der Waals surface area (Å²) in [5.41, 5.74) is 5.06. The number of benzene rings is 2. The summed E-state index contributed by atoms with van der Waals surface area (Å²) < 4.78 is 12.6. The van der Waals surface area contributed by atoms with Crippen molar-refractivity contribution >= 4 is 27.8 Å². The third kappa shape index (κ3) is 2.71. The number of esters is 1. The Morgan fingerprint density at radius 2 is 2.00 bits per heavy atom. The van der Waals surface area contributed by atoms with Crippen molar-refractivity contribution in [1.82, 2.24) is 9.55 Å². The van der Waals surface area contributed by atoms with Crippen molar-refractivity contribution in [3.8, 4) is 11.8 Å². The highest BCUT2D eigenvalue weighted by Gasteiger charge is 2.31. The van der Waals surface area contributed by atoms with Crippen LogP contribution in [0.4, 0.5) is 0 Å². The van der Waals surface area contributed by atoms with Crippen molar-refractivity contribution < 1.29 is 14.3 Å². The molecule has 5 rings (SSSR count). The van der Waals surface area contributed by atoms with E-state index in [2.05, 4.69) is 23.3 Å². The number of aromatic nitrogens is 2. The molecule has 1 atom stereocenters. The molecular formula is C25H19N3O3. The van der Waals surface area contributed by atoms with Gasteiger partial charge < -0.3 is 14.0 Å². The molecule has 2 aromatic heterocycles. The third-order valence-electron chi connectivity index (χ3n) is 5.92. The molecule has 0 bridgehead atoms. The summed E-state index contributed by atoms with van der Waals surface area (Å²) in [6.07, 6.45) is 0. The quantitative estimate of drug-likeness (QED) is 0.366. The summed E-state index contributed by atoms with van der Waals surface area (Å²) in [5, 5.41) is 11.7. The van der Waals surface area contributed by atoms with E-state index >= 15 is 0 Å². The SMILES string of the molecule is C=C(C#N)C1c2ccc(OC)cc2Cn2c3ccccc3c3cc(C(=O)OC)nc1c32. The van der Waals surface area contributed by atoms with Crippen molar-refractivity contribution in [3.63, 3.8) is 0 Å². The van der Waals surface area contributed by atoms with Crippen LogP contribution >= 0.6 is 0 Å². The highest BCUT2D eigenvalue weighted by molar-refractivity contribution is 6.11. The first kappa shape index (κ1) is 18.9. The number of methoxy groups -OCH3 is 2. The van der Waals surface area contributed by atoms with Gasteiger partial charge in [-0.1, -0.05) is 30.8 Å². The van der Waals surface area contributed by atoms with E-state index in [9.17, 15) is 10.1 Å². The lowest BCUT2D eigenvalue weighted by Crippen LogP contribution is -2.11. The summed E-state index contributed by atoms with van der Waals surface area (Å²) in [6, 6.07) is 17.8. The Morgan fingerprint density at radius 3 is 2.74 bits per heavy atom. The zero-order chi connectivity index (χ0) is 21.7. The van der Waals surface area contributed by atoms with Gasteiger partial charge in [0.2, 0.25) is 0 Å². The van der Waals surface area contributed by atoms with E-state index in [1.807, 2.05) is 36.4 Å². The molecule has 6 heteroatoms. The molecule has 1 aliphatic rings. The van der Waals surface area contributed by atoms with Gasteiger partial charge in [-0.25, -0.2) is 9.78 Å². The van der Waals surface area contributed by atoms with Gasteiger partial charge in [0.1, 0.15) is 11.4 Å². The molecule has 0 saturated carbocycles. The molecule has 4 aromatic rings. The smallest absolute Gasteiger partial charge is 0.356 e. The summed E-state index contributed by atoms with van der Waals surface area (Å²) in [6.45, 7) is 4.61. The summed E-state index contributed by atoms with van der Waals surface area (Å²) in [7, 11) is 2.97. The van der Waals surface area contributed by atoms with Gasteiger partial charge in [0.05, 0.1) is 37.4 Å². The summed E-state index contributed by atoms with van der Waals surface area (Å²) >= 11 is 0. The van der Waals surface area contributed by atoms with E-state index in [4.69, 9.17) is 14.5 Å². The molecule has 0 N–H and O–H groups in total. The number of para-hydroxylation sites is 1. The lowest BCUT2D eigenvalue weighted by Gasteiger charge is -2.18. The molecule has 1 aliphatic heterocycles. The monoisotopic (exact) mass is 409 g/mol. The van der Waals surface area contributed by atoms with Crippen LogP contribution in [0, 0.1) is 11.3 Å². The summed E-state index contributed by atoms with van der Waals surface area (Å²) in [5.74, 6) is -0.263. The van der Waals surface area contributed by atoms with Crippen molar-refractivity contribution in [2.45, 2.75) is 12.5 Å². The fraction of sp³-hybridized carbons (Fsp3) is 0.160. The second-order valence-electron chi connectivity index (χ2n) is 7.52. The largest absolute Gasteiger partial charge is 0.497 e. The van der Waals surface area contributed by atoms with Crippen LogP contribution < -0.4 is 4.74 Å². The summed E-state index contributed by atoms with van der Waals surface area (Å²) in [4.78, 5) is 17.2. The Balaban J connectivity index is 1.97. The van der Waals surface area contributed by atoms with Gasteiger partial charge in [-0.05, 0) is 35.4 Å². The minimum Gasteiger partial charge on any atom is -0.497 e. The second kappa shape index (κ2) is 6.99. The second-order valence-corrected chi connectivity index (χ2v) is 7.52. The van der Waals surface area contributed by atoms with Crippen LogP contribution in [-0.4, -0.2) is 29.7 Å². The maximum atomic E-state index is 12.5. The van der Waals surface area contributed by atoms with Crippen LogP contribution in [0.5, 0.6) is 5.75 Å². The van der Waals surface area contributed by atoms with Gasteiger partial charge in [-0.3, -0.25) is 0 Å². The maximum absolute atomic E-state index is 12.5. The van der Waals surface area contributed by atoms with Gasteiger partial charge >= 0.3 is 5.97 Å². The molecule has 0 fully saturated rings. The average molecular weight is 409 g/mol. The minimum absolute atomic E-state index is 0.209. The number of pyridine rings is 1. The molecule has 1 unspecified atom stereocenters. The first-order chi connectivity index (χ1) is 15.1. The van der Waals surface area contributed by atoms with Crippen molar-refractivity contribution in [2.24, 2.45) is 0 Å². The van der Waals surface area contributed by atoms with E-state index in [1.165, 1.54) is 7.11 Å². The van der Waals surface area contributed by atoms with Crippen LogP contribution in [0.2, 0.25) is 0 Å². The maximum Gasteiger partial charge on any atom is 0.356 e. The molecule has 0 radical (unpaired) electrons. The standard InChI is InChI=1S/C25H19N3O3/c1-14(12-26)22-17-9-8-16(30-2)10-15(17)13-28-21-7-5-4-6-18(21)19-11-20(25(29)31-3)27-23(22)24(19)28/h4-11,22H,1,13H2,2-3H3. The first-order valence-corrected chi connectivity index (χ1v) is 9.83. The minimum atomic E-state index is -0.518. The highest BCUT2D eigenvalue weighted by atomic mass is 16.5. The lowest BCUT2D eigenvalue weighted by atomic mass is 9.86. The zero-order valence-corrected chi connectivity index (χ0v) is 17.2. The number of carbonyl (C=O) groups excluding carboxylic acids is 1. The fourth-order valence-electron chi connectivity index (χ4n) is 4.54. The molecule has 0 saturated heterocycles. The Kier molecular flexibility index (Phi) is 4.26. The van der Waals surface area contributed by atoms with E-state index < -0.39 is 11.9 Å². The van der Waals surface area contributed by atoms with Gasteiger partial charge in [-0.2, -0.15) is 5.26 Å². The van der Waals surface area contributed by atoms with Crippen molar-refractivity contribution in [1.29, 1.82) is 5.26 Å². The Morgan fingerprint density at radius 1 is 1.19 bits per heavy atom. The lowest BCUT2D eigenvalue weighted by molar-refractivity contribution is 0.0594. The van der Waals surface area contributed by atoms with Crippen LogP contribution in [0.3, 0.4) is 0 Å². The number of ether oxygens (including phenoxy) is 2. The molecule has 0 spiro atoms. The number of nitriles is 1. The normalized spacial score (nSPS) is 14.5. The van der Waals surface area contributed by atoms with Crippen LogP contribution in [0.1, 0.15) is 33.2 Å². The molecule has 0 aliphatic carbocycles. The molecule has 2 aromatic carbocycles. The number of allylic oxidation sites excluding steroid dienone is 1. The van der Waals surface area contributed by atoms with E-state index in [1.54, 1.807) is 13.2 Å².